The third-order valence-corrected chi connectivity index (χ3v) is 1.38. The number of phenolic OH excluding ortho intramolecular Hbond substituents is 1. The summed E-state index contributed by atoms with van der Waals surface area (Å²) in [6.07, 6.45) is 1.59. The van der Waals surface area contributed by atoms with Crippen LogP contribution in [0.25, 0.3) is 0 Å². The molecule has 0 aromatic heterocycles. The average molecular weight is 179 g/mol. The Labute approximate surface area is 73.2 Å². The summed E-state index contributed by atoms with van der Waals surface area (Å²) in [7, 11) is 0. The maximum Gasteiger partial charge on any atom is 0.273 e. The van der Waals surface area contributed by atoms with Crippen molar-refractivity contribution in [2.45, 2.75) is 0 Å². The molecule has 2 N–H and O–H groups in total. The number of nitro benzene ring substituents is 1. The van der Waals surface area contributed by atoms with Crippen molar-refractivity contribution >= 4 is 11.4 Å². The van der Waals surface area contributed by atoms with E-state index in [2.05, 4.69) is 5.32 Å². The summed E-state index contributed by atoms with van der Waals surface area (Å²) >= 11 is 0. The van der Waals surface area contributed by atoms with E-state index in [0.29, 0.717) is 0 Å². The highest BCUT2D eigenvalue weighted by Gasteiger charge is 2.08. The van der Waals surface area contributed by atoms with Gasteiger partial charge >= 0.3 is 0 Å². The van der Waals surface area contributed by atoms with Crippen LogP contribution in [0.2, 0.25) is 0 Å². The van der Waals surface area contributed by atoms with Gasteiger partial charge in [0.15, 0.2) is 6.19 Å². The average Bonchev–Trinajstić information content (AvgIpc) is 2.08. The van der Waals surface area contributed by atoms with Crippen LogP contribution in [0.1, 0.15) is 0 Å². The molecule has 13 heavy (non-hydrogen) atoms. The first kappa shape index (κ1) is 8.80. The Hall–Kier alpha value is -2.29. The van der Waals surface area contributed by atoms with Crippen molar-refractivity contribution in [3.8, 4) is 11.9 Å². The molecule has 0 spiro atoms. The number of aromatic hydroxyl groups is 1. The van der Waals surface area contributed by atoms with Gasteiger partial charge in [-0.15, -0.1) is 0 Å². The van der Waals surface area contributed by atoms with Crippen LogP contribution in [0.15, 0.2) is 18.2 Å². The second kappa shape index (κ2) is 3.40. The molecule has 0 aliphatic heterocycles. The predicted octanol–water partition coefficient (Wildman–Crippen LogP) is 1.19. The molecule has 0 radical (unpaired) electrons. The fraction of sp³-hybridized carbons (Fsp3) is 0. The van der Waals surface area contributed by atoms with E-state index in [9.17, 15) is 10.1 Å². The predicted molar refractivity (Wildman–Crippen MR) is 44.0 cm³/mol. The van der Waals surface area contributed by atoms with Crippen molar-refractivity contribution in [2.75, 3.05) is 5.32 Å². The van der Waals surface area contributed by atoms with Crippen LogP contribution in [0, 0.1) is 21.6 Å². The number of hydrogen-bond acceptors (Lipinski definition) is 5. The summed E-state index contributed by atoms with van der Waals surface area (Å²) in [5.74, 6) is -0.323. The zero-order valence-electron chi connectivity index (χ0n) is 6.39. The first-order valence-corrected chi connectivity index (χ1v) is 3.27. The molecule has 6 heteroatoms. The van der Waals surface area contributed by atoms with Crippen LogP contribution in [0.5, 0.6) is 5.75 Å². The first-order chi connectivity index (χ1) is 6.15. The number of nitro groups is 1. The molecule has 0 saturated carbocycles. The van der Waals surface area contributed by atoms with Crippen molar-refractivity contribution in [3.63, 3.8) is 0 Å². The van der Waals surface area contributed by atoms with Crippen LogP contribution in [0.4, 0.5) is 11.4 Å². The summed E-state index contributed by atoms with van der Waals surface area (Å²) in [6, 6.07) is 3.43. The van der Waals surface area contributed by atoms with Crippen molar-refractivity contribution in [1.82, 2.24) is 0 Å². The van der Waals surface area contributed by atoms with Gasteiger partial charge in [-0.25, -0.2) is 0 Å². The molecule has 0 fully saturated rings. The largest absolute Gasteiger partial charge is 0.505 e. The zero-order chi connectivity index (χ0) is 9.84. The molecule has 0 unspecified atom stereocenters. The quantitative estimate of drug-likeness (QED) is 0.233. The number of rotatable bonds is 2. The van der Waals surface area contributed by atoms with E-state index in [1.807, 2.05) is 0 Å². The molecule has 1 aromatic rings. The number of phenols is 1. The van der Waals surface area contributed by atoms with Crippen molar-refractivity contribution < 1.29 is 10.0 Å². The smallest absolute Gasteiger partial charge is 0.273 e. The fourth-order valence-corrected chi connectivity index (χ4v) is 0.800. The number of nitriles is 1. The van der Waals surface area contributed by atoms with E-state index in [0.717, 1.165) is 6.07 Å². The lowest BCUT2D eigenvalue weighted by atomic mass is 10.2. The molecule has 1 rings (SSSR count). The lowest BCUT2D eigenvalue weighted by molar-refractivity contribution is -0.384. The molecular formula is C7H5N3O3. The SMILES string of the molecule is N#CNc1ccc([N+](=O)[O-])cc1O. The van der Waals surface area contributed by atoms with Crippen LogP contribution >= 0.6 is 0 Å². The fourth-order valence-electron chi connectivity index (χ4n) is 0.800. The molecule has 0 amide bonds. The van der Waals surface area contributed by atoms with E-state index >= 15 is 0 Å². The summed E-state index contributed by atoms with van der Waals surface area (Å²) in [4.78, 5) is 9.60. The number of nitrogens with zero attached hydrogens (tertiary/aromatic N) is 2. The highest BCUT2D eigenvalue weighted by atomic mass is 16.6. The van der Waals surface area contributed by atoms with Gasteiger partial charge in [-0.1, -0.05) is 0 Å². The Morgan fingerprint density at radius 2 is 2.31 bits per heavy atom. The summed E-state index contributed by atoms with van der Waals surface area (Å²) in [5.41, 5.74) is -0.0749. The molecule has 0 saturated heterocycles. The Morgan fingerprint density at radius 1 is 1.62 bits per heavy atom. The molecule has 1 aromatic carbocycles. The summed E-state index contributed by atoms with van der Waals surface area (Å²) in [6.45, 7) is 0. The summed E-state index contributed by atoms with van der Waals surface area (Å²) in [5, 5.41) is 29.8. The number of nitrogens with one attached hydrogen (secondary N) is 1. The van der Waals surface area contributed by atoms with Crippen molar-refractivity contribution in [3.05, 3.63) is 28.3 Å². The molecule has 66 valence electrons. The number of benzene rings is 1. The molecule has 0 bridgehead atoms. The van der Waals surface area contributed by atoms with Crippen LogP contribution < -0.4 is 5.32 Å². The van der Waals surface area contributed by atoms with Crippen molar-refractivity contribution in [1.29, 1.82) is 5.26 Å². The second-order valence-electron chi connectivity index (χ2n) is 2.20. The maximum atomic E-state index is 10.2. The van der Waals surface area contributed by atoms with Crippen LogP contribution in [0.3, 0.4) is 0 Å². The number of anilines is 1. The molecular weight excluding hydrogens is 174 g/mol. The molecule has 6 nitrogen and oxygen atoms in total. The van der Waals surface area contributed by atoms with Gasteiger partial charge in [0.1, 0.15) is 5.75 Å². The molecule has 0 atom stereocenters. The van der Waals surface area contributed by atoms with Gasteiger partial charge < -0.3 is 5.11 Å². The molecule has 0 aliphatic carbocycles. The van der Waals surface area contributed by atoms with E-state index < -0.39 is 4.92 Å². The van der Waals surface area contributed by atoms with Gasteiger partial charge in [-0.2, -0.15) is 5.26 Å². The number of hydrogen-bond donors (Lipinski definition) is 2. The molecule has 0 heterocycles. The highest BCUT2D eigenvalue weighted by Crippen LogP contribution is 2.27. The lowest BCUT2D eigenvalue weighted by Crippen LogP contribution is -1.91. The van der Waals surface area contributed by atoms with Crippen LogP contribution in [-0.4, -0.2) is 10.0 Å². The minimum absolute atomic E-state index is 0.146. The normalized spacial score (nSPS) is 8.85. The third-order valence-electron chi connectivity index (χ3n) is 1.38. The van der Waals surface area contributed by atoms with Gasteiger partial charge in [-0.3, -0.25) is 15.4 Å². The Bertz CT molecular complexity index is 383. The Balaban J connectivity index is 3.07. The van der Waals surface area contributed by atoms with E-state index in [-0.39, 0.29) is 17.1 Å². The van der Waals surface area contributed by atoms with Gasteiger partial charge in [0.2, 0.25) is 0 Å². The van der Waals surface area contributed by atoms with Gasteiger partial charge in [0, 0.05) is 6.07 Å². The zero-order valence-corrected chi connectivity index (χ0v) is 6.39. The first-order valence-electron chi connectivity index (χ1n) is 3.27. The van der Waals surface area contributed by atoms with Crippen LogP contribution in [-0.2, 0) is 0 Å². The Morgan fingerprint density at radius 3 is 2.77 bits per heavy atom. The monoisotopic (exact) mass is 179 g/mol. The van der Waals surface area contributed by atoms with Crippen molar-refractivity contribution in [2.24, 2.45) is 0 Å². The van der Waals surface area contributed by atoms with Gasteiger partial charge in [0.25, 0.3) is 5.69 Å². The van der Waals surface area contributed by atoms with Gasteiger partial charge in [-0.05, 0) is 6.07 Å². The highest BCUT2D eigenvalue weighted by molar-refractivity contribution is 5.61. The lowest BCUT2D eigenvalue weighted by Gasteiger charge is -1.99. The maximum absolute atomic E-state index is 10.2. The third kappa shape index (κ3) is 1.84. The topological polar surface area (TPSA) is 99.2 Å². The minimum atomic E-state index is -0.629. The van der Waals surface area contributed by atoms with Gasteiger partial charge in [0.05, 0.1) is 16.7 Å². The standard InChI is InChI=1S/C7H5N3O3/c8-4-9-6-2-1-5(10(12)13)3-7(6)11/h1-3,9,11H. The summed E-state index contributed by atoms with van der Waals surface area (Å²) < 4.78 is 0. The number of non-ortho nitro benzene ring substituents is 1. The van der Waals surface area contributed by atoms with E-state index in [4.69, 9.17) is 10.4 Å². The molecule has 0 aliphatic rings. The minimum Gasteiger partial charge on any atom is -0.505 e. The Kier molecular flexibility index (Phi) is 2.31. The van der Waals surface area contributed by atoms with E-state index in [1.54, 1.807) is 6.19 Å². The second-order valence-corrected chi connectivity index (χ2v) is 2.20. The van der Waals surface area contributed by atoms with E-state index in [1.165, 1.54) is 12.1 Å².